The summed E-state index contributed by atoms with van der Waals surface area (Å²) in [5.74, 6) is -0.339. The molecule has 0 aromatic rings. The quantitative estimate of drug-likeness (QED) is 0.553. The number of esters is 1. The minimum Gasteiger partial charge on any atom is -0.458 e. The Morgan fingerprint density at radius 2 is 2.25 bits per heavy atom. The van der Waals surface area contributed by atoms with Gasteiger partial charge in [-0.1, -0.05) is 12.2 Å². The van der Waals surface area contributed by atoms with Gasteiger partial charge in [0.2, 0.25) is 0 Å². The van der Waals surface area contributed by atoms with E-state index in [4.69, 9.17) is 27.4 Å². The number of hydrogen-bond acceptors (Lipinski definition) is 4. The summed E-state index contributed by atoms with van der Waals surface area (Å²) in [4.78, 5) is 11.8. The highest BCUT2D eigenvalue weighted by Crippen LogP contribution is 2.45. The van der Waals surface area contributed by atoms with E-state index in [-0.39, 0.29) is 17.5 Å². The molecule has 0 aromatic carbocycles. The number of thiocarbonyl (C=S) groups is 1. The molecule has 2 N–H and O–H groups in total. The first-order valence-electron chi connectivity index (χ1n) is 5.50. The zero-order chi connectivity index (χ0) is 12.0. The SMILES string of the molecule is CC1(C)CC2(CCO1)OC(=O)CC2C(N)=S. The van der Waals surface area contributed by atoms with Gasteiger partial charge in [0, 0.05) is 12.8 Å². The van der Waals surface area contributed by atoms with Crippen LogP contribution in [0.25, 0.3) is 0 Å². The highest BCUT2D eigenvalue weighted by Gasteiger charge is 2.54. The van der Waals surface area contributed by atoms with Crippen LogP contribution in [-0.2, 0) is 14.3 Å². The monoisotopic (exact) mass is 243 g/mol. The van der Waals surface area contributed by atoms with E-state index in [0.29, 0.717) is 30.9 Å². The van der Waals surface area contributed by atoms with Gasteiger partial charge in [0.25, 0.3) is 0 Å². The van der Waals surface area contributed by atoms with Crippen molar-refractivity contribution >= 4 is 23.2 Å². The van der Waals surface area contributed by atoms with Crippen LogP contribution in [0.15, 0.2) is 0 Å². The standard InChI is InChI=1S/C11H17NO3S/c1-10(2)6-11(3-4-14-10)7(9(12)16)5-8(13)15-11/h7H,3-6H2,1-2H3,(H2,12,16). The fourth-order valence-corrected chi connectivity index (χ4v) is 3.09. The van der Waals surface area contributed by atoms with Crippen molar-refractivity contribution in [3.63, 3.8) is 0 Å². The lowest BCUT2D eigenvalue weighted by molar-refractivity contribution is -0.174. The normalized spacial score (nSPS) is 37.4. The van der Waals surface area contributed by atoms with Crippen LogP contribution in [-0.4, -0.2) is 28.8 Å². The van der Waals surface area contributed by atoms with Gasteiger partial charge in [0.1, 0.15) is 5.60 Å². The van der Waals surface area contributed by atoms with Crippen LogP contribution in [0.5, 0.6) is 0 Å². The van der Waals surface area contributed by atoms with E-state index in [9.17, 15) is 4.79 Å². The Hall–Kier alpha value is -0.680. The van der Waals surface area contributed by atoms with Crippen LogP contribution in [0.2, 0.25) is 0 Å². The predicted octanol–water partition coefficient (Wildman–Crippen LogP) is 1.16. The van der Waals surface area contributed by atoms with Gasteiger partial charge in [-0.25, -0.2) is 0 Å². The second kappa shape index (κ2) is 3.67. The fourth-order valence-electron chi connectivity index (χ4n) is 2.80. The summed E-state index contributed by atoms with van der Waals surface area (Å²) in [7, 11) is 0. The lowest BCUT2D eigenvalue weighted by Crippen LogP contribution is -2.51. The second-order valence-electron chi connectivity index (χ2n) is 5.23. The third-order valence-electron chi connectivity index (χ3n) is 3.41. The number of ether oxygens (including phenoxy) is 2. The van der Waals surface area contributed by atoms with E-state index in [0.717, 1.165) is 0 Å². The molecule has 2 aliphatic rings. The third-order valence-corrected chi connectivity index (χ3v) is 3.69. The Morgan fingerprint density at radius 3 is 2.81 bits per heavy atom. The molecule has 2 atom stereocenters. The number of nitrogens with two attached hydrogens (primary N) is 1. The molecule has 2 rings (SSSR count). The maximum atomic E-state index is 11.5. The smallest absolute Gasteiger partial charge is 0.307 e. The highest BCUT2D eigenvalue weighted by molar-refractivity contribution is 7.80. The minimum absolute atomic E-state index is 0.141. The number of carbonyl (C=O) groups excluding carboxylic acids is 1. The van der Waals surface area contributed by atoms with Crippen LogP contribution < -0.4 is 5.73 Å². The molecule has 2 saturated heterocycles. The topological polar surface area (TPSA) is 61.5 Å². The van der Waals surface area contributed by atoms with Gasteiger partial charge < -0.3 is 15.2 Å². The van der Waals surface area contributed by atoms with Crippen molar-refractivity contribution in [3.05, 3.63) is 0 Å². The first-order chi connectivity index (χ1) is 7.35. The van der Waals surface area contributed by atoms with Crippen molar-refractivity contribution in [1.82, 2.24) is 0 Å². The zero-order valence-corrected chi connectivity index (χ0v) is 10.4. The van der Waals surface area contributed by atoms with Gasteiger partial charge in [-0.3, -0.25) is 4.79 Å². The summed E-state index contributed by atoms with van der Waals surface area (Å²) in [6.07, 6.45) is 1.66. The summed E-state index contributed by atoms with van der Waals surface area (Å²) in [5, 5.41) is 0. The molecule has 2 heterocycles. The lowest BCUT2D eigenvalue weighted by atomic mass is 9.75. The maximum Gasteiger partial charge on any atom is 0.307 e. The minimum atomic E-state index is -0.523. The molecule has 5 heteroatoms. The van der Waals surface area contributed by atoms with Crippen LogP contribution in [0.1, 0.15) is 33.1 Å². The molecule has 0 amide bonds. The second-order valence-corrected chi connectivity index (χ2v) is 5.70. The Bertz CT molecular complexity index is 342. The van der Waals surface area contributed by atoms with E-state index in [1.54, 1.807) is 0 Å². The molecule has 2 unspecified atom stereocenters. The third kappa shape index (κ3) is 1.94. The molecule has 90 valence electrons. The molecule has 16 heavy (non-hydrogen) atoms. The van der Waals surface area contributed by atoms with Crippen molar-refractivity contribution in [2.24, 2.45) is 11.7 Å². The molecule has 2 aliphatic heterocycles. The Balaban J connectivity index is 2.28. The molecular formula is C11H17NO3S. The molecule has 0 bridgehead atoms. The van der Waals surface area contributed by atoms with E-state index in [2.05, 4.69) is 0 Å². The average molecular weight is 243 g/mol. The van der Waals surface area contributed by atoms with Crippen LogP contribution in [0, 0.1) is 5.92 Å². The van der Waals surface area contributed by atoms with Gasteiger partial charge in [-0.2, -0.15) is 0 Å². The summed E-state index contributed by atoms with van der Waals surface area (Å²) in [6.45, 7) is 4.58. The van der Waals surface area contributed by atoms with E-state index >= 15 is 0 Å². The molecule has 0 aromatic heterocycles. The molecule has 0 aliphatic carbocycles. The summed E-state index contributed by atoms with van der Waals surface area (Å²) < 4.78 is 11.2. The molecular weight excluding hydrogens is 226 g/mol. The van der Waals surface area contributed by atoms with Crippen molar-refractivity contribution in [2.45, 2.75) is 44.3 Å². The van der Waals surface area contributed by atoms with Gasteiger partial charge >= 0.3 is 5.97 Å². The highest BCUT2D eigenvalue weighted by atomic mass is 32.1. The maximum absolute atomic E-state index is 11.5. The largest absolute Gasteiger partial charge is 0.458 e. The molecule has 0 radical (unpaired) electrons. The van der Waals surface area contributed by atoms with Gasteiger partial charge in [0.15, 0.2) is 0 Å². The molecule has 0 saturated carbocycles. The average Bonchev–Trinajstić information content (AvgIpc) is 2.40. The first kappa shape index (κ1) is 11.8. The number of hydrogen-bond donors (Lipinski definition) is 1. The van der Waals surface area contributed by atoms with Crippen molar-refractivity contribution in [2.75, 3.05) is 6.61 Å². The van der Waals surface area contributed by atoms with Crippen LogP contribution in [0.4, 0.5) is 0 Å². The van der Waals surface area contributed by atoms with Crippen LogP contribution in [0.3, 0.4) is 0 Å². The Morgan fingerprint density at radius 1 is 1.56 bits per heavy atom. The van der Waals surface area contributed by atoms with Crippen LogP contribution >= 0.6 is 12.2 Å². The fraction of sp³-hybridized carbons (Fsp3) is 0.818. The zero-order valence-electron chi connectivity index (χ0n) is 9.62. The van der Waals surface area contributed by atoms with E-state index in [1.807, 2.05) is 13.8 Å². The predicted molar refractivity (Wildman–Crippen MR) is 63.0 cm³/mol. The molecule has 1 spiro atoms. The number of rotatable bonds is 1. The summed E-state index contributed by atoms with van der Waals surface area (Å²) in [5.41, 5.74) is 4.90. The Kier molecular flexibility index (Phi) is 2.70. The molecule has 4 nitrogen and oxygen atoms in total. The summed E-state index contributed by atoms with van der Waals surface area (Å²) >= 11 is 5.04. The van der Waals surface area contributed by atoms with Crippen molar-refractivity contribution in [1.29, 1.82) is 0 Å². The molecule has 2 fully saturated rings. The van der Waals surface area contributed by atoms with E-state index < -0.39 is 5.60 Å². The summed E-state index contributed by atoms with van der Waals surface area (Å²) in [6, 6.07) is 0. The van der Waals surface area contributed by atoms with Gasteiger partial charge in [-0.15, -0.1) is 0 Å². The Labute approximate surface area is 100 Å². The van der Waals surface area contributed by atoms with Gasteiger partial charge in [-0.05, 0) is 13.8 Å². The van der Waals surface area contributed by atoms with Crippen molar-refractivity contribution in [3.8, 4) is 0 Å². The van der Waals surface area contributed by atoms with E-state index in [1.165, 1.54) is 0 Å². The van der Waals surface area contributed by atoms with Gasteiger partial charge in [0.05, 0.1) is 29.5 Å². The van der Waals surface area contributed by atoms with Crippen molar-refractivity contribution < 1.29 is 14.3 Å². The first-order valence-corrected chi connectivity index (χ1v) is 5.91. The lowest BCUT2D eigenvalue weighted by Gasteiger charge is -2.43. The number of carbonyl (C=O) groups is 1.